The molecule has 5 atom stereocenters. The number of carbonyl (C=O) groups excluding carboxylic acids is 1. The van der Waals surface area contributed by atoms with Crippen molar-refractivity contribution in [2.75, 3.05) is 6.61 Å². The zero-order valence-electron chi connectivity index (χ0n) is 30.0. The molecule has 0 aliphatic heterocycles. The van der Waals surface area contributed by atoms with Gasteiger partial charge < -0.3 is 14.3 Å². The first-order valence-electron chi connectivity index (χ1n) is 17.9. The van der Waals surface area contributed by atoms with Gasteiger partial charge >= 0.3 is 5.97 Å². The van der Waals surface area contributed by atoms with Crippen molar-refractivity contribution in [3.05, 3.63) is 119 Å². The molecule has 3 aromatic carbocycles. The zero-order chi connectivity index (χ0) is 34.3. The van der Waals surface area contributed by atoms with Gasteiger partial charge in [0.25, 0.3) is 8.32 Å². The molecule has 3 aliphatic carbocycles. The molecular weight excluding hydrogens is 609 g/mol. The van der Waals surface area contributed by atoms with Crippen LogP contribution < -0.4 is 10.4 Å². The molecule has 6 rings (SSSR count). The molecule has 0 amide bonds. The lowest BCUT2D eigenvalue weighted by molar-refractivity contribution is -0.0187. The van der Waals surface area contributed by atoms with Gasteiger partial charge in [-0.2, -0.15) is 0 Å². The number of hydrogen-bond acceptors (Lipinski definition) is 4. The van der Waals surface area contributed by atoms with Gasteiger partial charge in [0.05, 0.1) is 18.3 Å². The lowest BCUT2D eigenvalue weighted by Gasteiger charge is -2.51. The molecule has 0 radical (unpaired) electrons. The quantitative estimate of drug-likeness (QED) is 0.149. The van der Waals surface area contributed by atoms with Crippen molar-refractivity contribution in [3.63, 3.8) is 0 Å². The molecule has 3 aromatic rings. The van der Waals surface area contributed by atoms with Crippen LogP contribution >= 0.6 is 0 Å². The van der Waals surface area contributed by atoms with Crippen LogP contribution in [-0.4, -0.2) is 38.2 Å². The maximum atomic E-state index is 13.8. The number of benzene rings is 3. The number of esters is 1. The molecule has 0 heterocycles. The standard InChI is InChI=1S/C43H54O4Si/c1-30(2)35-23-24-42(6)25-26-43(7)36(39(35)42)28-37(47-40(45)31-17-11-8-12-18-31)32(27-38(43)44)29-46-48(41(3,4)5,33-19-13-9-14-20-33)34-21-15-10-16-22-34/h8-22,27,30,36-38,44H,23-26,28-29H2,1-7H3/t36-,37-,38+,42-,43-/m1/s1. The van der Waals surface area contributed by atoms with Crippen LogP contribution in [0.5, 0.6) is 0 Å². The molecule has 254 valence electrons. The second-order valence-electron chi connectivity index (χ2n) is 16.3. The summed E-state index contributed by atoms with van der Waals surface area (Å²) in [6.45, 7) is 16.4. The molecule has 48 heavy (non-hydrogen) atoms. The van der Waals surface area contributed by atoms with E-state index in [1.807, 2.05) is 36.4 Å². The van der Waals surface area contributed by atoms with E-state index in [-0.39, 0.29) is 34.4 Å². The van der Waals surface area contributed by atoms with Gasteiger partial charge in [0.1, 0.15) is 6.10 Å². The van der Waals surface area contributed by atoms with Crippen molar-refractivity contribution < 1.29 is 19.1 Å². The van der Waals surface area contributed by atoms with Crippen LogP contribution in [0.4, 0.5) is 0 Å². The minimum absolute atomic E-state index is 0.0985. The van der Waals surface area contributed by atoms with Crippen LogP contribution in [0.25, 0.3) is 0 Å². The van der Waals surface area contributed by atoms with E-state index < -0.39 is 20.5 Å². The van der Waals surface area contributed by atoms with Gasteiger partial charge in [-0.3, -0.25) is 0 Å². The van der Waals surface area contributed by atoms with E-state index in [0.717, 1.165) is 31.3 Å². The Labute approximate surface area is 289 Å². The SMILES string of the molecule is CC(C)C1=C2[C@H]3C[C@@H](OC(=O)c4ccccc4)C(CO[Si](c4ccccc4)(c4ccccc4)C(C)(C)C)=C[C@H](O)[C@]3(C)CC[C@@]2(C)CC1. The van der Waals surface area contributed by atoms with Gasteiger partial charge in [-0.1, -0.05) is 145 Å². The smallest absolute Gasteiger partial charge is 0.338 e. The van der Waals surface area contributed by atoms with Crippen LogP contribution in [0, 0.1) is 22.7 Å². The molecule has 3 aliphatic rings. The Morgan fingerprint density at radius 2 is 1.44 bits per heavy atom. The van der Waals surface area contributed by atoms with Crippen LogP contribution in [0.15, 0.2) is 114 Å². The second kappa shape index (κ2) is 13.2. The Kier molecular flexibility index (Phi) is 9.53. The number of aliphatic hydroxyl groups is 1. The highest BCUT2D eigenvalue weighted by Crippen LogP contribution is 2.63. The highest BCUT2D eigenvalue weighted by atomic mass is 28.4. The average Bonchev–Trinajstić information content (AvgIpc) is 3.39. The fourth-order valence-electron chi connectivity index (χ4n) is 9.22. The lowest BCUT2D eigenvalue weighted by Crippen LogP contribution is -2.66. The summed E-state index contributed by atoms with van der Waals surface area (Å²) in [7, 11) is -2.89. The fraction of sp³-hybridized carbons (Fsp3) is 0.465. The van der Waals surface area contributed by atoms with Gasteiger partial charge in [0, 0.05) is 5.41 Å². The molecule has 0 saturated heterocycles. The predicted octanol–water partition coefficient (Wildman–Crippen LogP) is 8.65. The van der Waals surface area contributed by atoms with E-state index in [1.165, 1.54) is 15.9 Å². The molecule has 5 heteroatoms. The van der Waals surface area contributed by atoms with Crippen LogP contribution in [0.3, 0.4) is 0 Å². The topological polar surface area (TPSA) is 55.8 Å². The second-order valence-corrected chi connectivity index (χ2v) is 20.7. The maximum absolute atomic E-state index is 13.8. The average molecular weight is 663 g/mol. The van der Waals surface area contributed by atoms with E-state index in [2.05, 4.69) is 109 Å². The number of rotatable bonds is 8. The zero-order valence-corrected chi connectivity index (χ0v) is 31.0. The summed E-state index contributed by atoms with van der Waals surface area (Å²) in [5.74, 6) is 0.209. The monoisotopic (exact) mass is 662 g/mol. The summed E-state index contributed by atoms with van der Waals surface area (Å²) < 4.78 is 14.0. The van der Waals surface area contributed by atoms with Crippen molar-refractivity contribution in [3.8, 4) is 0 Å². The number of hydrogen-bond donors (Lipinski definition) is 1. The van der Waals surface area contributed by atoms with Crippen molar-refractivity contribution in [2.24, 2.45) is 22.7 Å². The van der Waals surface area contributed by atoms with Gasteiger partial charge in [0.2, 0.25) is 0 Å². The van der Waals surface area contributed by atoms with Crippen molar-refractivity contribution >= 4 is 24.7 Å². The first kappa shape index (κ1) is 34.6. The van der Waals surface area contributed by atoms with Crippen molar-refractivity contribution in [1.29, 1.82) is 0 Å². The first-order chi connectivity index (χ1) is 22.8. The molecular formula is C43H54O4Si. The molecule has 1 saturated carbocycles. The van der Waals surface area contributed by atoms with Crippen LogP contribution in [-0.2, 0) is 9.16 Å². The van der Waals surface area contributed by atoms with E-state index in [0.29, 0.717) is 17.9 Å². The largest absolute Gasteiger partial charge is 0.454 e. The fourth-order valence-corrected chi connectivity index (χ4v) is 13.8. The number of carbonyl (C=O) groups is 1. The van der Waals surface area contributed by atoms with Crippen molar-refractivity contribution in [2.45, 2.75) is 97.8 Å². The van der Waals surface area contributed by atoms with Crippen molar-refractivity contribution in [1.82, 2.24) is 0 Å². The van der Waals surface area contributed by atoms with E-state index in [1.54, 1.807) is 5.57 Å². The maximum Gasteiger partial charge on any atom is 0.338 e. The molecule has 0 bridgehead atoms. The molecule has 1 fully saturated rings. The molecule has 0 unspecified atom stereocenters. The lowest BCUT2D eigenvalue weighted by atomic mass is 9.54. The Morgan fingerprint density at radius 1 is 0.875 bits per heavy atom. The van der Waals surface area contributed by atoms with E-state index >= 15 is 0 Å². The van der Waals surface area contributed by atoms with Gasteiger partial charge in [-0.25, -0.2) is 4.79 Å². The Bertz CT molecular complexity index is 1620. The summed E-state index contributed by atoms with van der Waals surface area (Å²) in [5.41, 5.74) is 4.22. The highest BCUT2D eigenvalue weighted by molar-refractivity contribution is 6.99. The summed E-state index contributed by atoms with van der Waals surface area (Å²) >= 11 is 0. The van der Waals surface area contributed by atoms with Crippen LogP contribution in [0.1, 0.15) is 90.9 Å². The Balaban J connectivity index is 1.46. The Hall–Kier alpha value is -3.25. The van der Waals surface area contributed by atoms with E-state index in [4.69, 9.17) is 9.16 Å². The number of ether oxygens (including phenoxy) is 1. The third-order valence-corrected chi connectivity index (χ3v) is 17.0. The first-order valence-corrected chi connectivity index (χ1v) is 19.8. The van der Waals surface area contributed by atoms with E-state index in [9.17, 15) is 9.90 Å². The predicted molar refractivity (Wildman–Crippen MR) is 198 cm³/mol. The van der Waals surface area contributed by atoms with Crippen LogP contribution in [0.2, 0.25) is 5.04 Å². The minimum Gasteiger partial charge on any atom is -0.454 e. The Morgan fingerprint density at radius 3 is 1.98 bits per heavy atom. The van der Waals surface area contributed by atoms with Gasteiger partial charge in [0.15, 0.2) is 0 Å². The minimum atomic E-state index is -2.89. The molecule has 0 spiro atoms. The third kappa shape index (κ3) is 6.07. The normalized spacial score (nSPS) is 27.6. The summed E-state index contributed by atoms with van der Waals surface area (Å²) in [6, 6.07) is 30.6. The summed E-state index contributed by atoms with van der Waals surface area (Å²) in [6.07, 6.45) is 5.70. The third-order valence-electron chi connectivity index (χ3n) is 12.0. The number of aliphatic hydroxyl groups excluding tert-OH is 1. The number of fused-ring (bicyclic) bond motifs is 3. The van der Waals surface area contributed by atoms with Gasteiger partial charge in [-0.15, -0.1) is 0 Å². The highest BCUT2D eigenvalue weighted by Gasteiger charge is 2.56. The summed E-state index contributed by atoms with van der Waals surface area (Å²) in [5, 5.41) is 14.4. The van der Waals surface area contributed by atoms with Gasteiger partial charge in [-0.05, 0) is 82.5 Å². The molecule has 0 aromatic heterocycles. The molecule has 4 nitrogen and oxygen atoms in total. The number of allylic oxidation sites excluding steroid dienone is 2. The molecule has 1 N–H and O–H groups in total. The summed E-state index contributed by atoms with van der Waals surface area (Å²) in [4.78, 5) is 13.8.